The second-order valence-corrected chi connectivity index (χ2v) is 2.90. The van der Waals surface area contributed by atoms with Crippen LogP contribution < -0.4 is 0 Å². The van der Waals surface area contributed by atoms with Crippen molar-refractivity contribution in [2.24, 2.45) is 0 Å². The van der Waals surface area contributed by atoms with Gasteiger partial charge in [-0.25, -0.2) is 0 Å². The number of ether oxygens (including phenoxy) is 1. The Morgan fingerprint density at radius 1 is 1.78 bits per heavy atom. The third-order valence-electron chi connectivity index (χ3n) is 1.37. The first-order valence-corrected chi connectivity index (χ1v) is 3.56. The van der Waals surface area contributed by atoms with Gasteiger partial charge in [0.1, 0.15) is 0 Å². The van der Waals surface area contributed by atoms with Crippen LogP contribution in [0, 0.1) is 0 Å². The van der Waals surface area contributed by atoms with Gasteiger partial charge in [0.25, 0.3) is 0 Å². The molecule has 2 atom stereocenters. The summed E-state index contributed by atoms with van der Waals surface area (Å²) in [4.78, 5) is 0. The lowest BCUT2D eigenvalue weighted by Crippen LogP contribution is -2.38. The summed E-state index contributed by atoms with van der Waals surface area (Å²) in [6.07, 6.45) is 0.0243. The quantitative estimate of drug-likeness (QED) is 0.509. The van der Waals surface area contributed by atoms with Crippen molar-refractivity contribution in [1.82, 2.24) is 4.67 Å². The van der Waals surface area contributed by atoms with Gasteiger partial charge in [0.2, 0.25) is 0 Å². The lowest BCUT2D eigenvalue weighted by Gasteiger charge is -2.28. The van der Waals surface area contributed by atoms with Crippen molar-refractivity contribution in [3.63, 3.8) is 0 Å². The van der Waals surface area contributed by atoms with Crippen LogP contribution in [0.5, 0.6) is 0 Å². The molecular formula is C5H12NO2P. The molecule has 0 aliphatic carbocycles. The van der Waals surface area contributed by atoms with Gasteiger partial charge in [-0.2, -0.15) is 0 Å². The summed E-state index contributed by atoms with van der Waals surface area (Å²) in [5, 5.41) is 8.65. The molecule has 0 aromatic rings. The maximum absolute atomic E-state index is 8.65. The van der Waals surface area contributed by atoms with Crippen molar-refractivity contribution in [2.45, 2.75) is 6.10 Å². The summed E-state index contributed by atoms with van der Waals surface area (Å²) in [7, 11) is 2.60. The van der Waals surface area contributed by atoms with E-state index in [0.717, 1.165) is 19.7 Å². The molecule has 4 heteroatoms. The third-order valence-corrected chi connectivity index (χ3v) is 1.84. The number of nitrogens with zero attached hydrogens (tertiary/aromatic N) is 1. The molecule has 1 aliphatic heterocycles. The Balaban J connectivity index is 2.23. The molecule has 1 aliphatic rings. The Kier molecular flexibility index (Phi) is 2.86. The number of morpholine rings is 1. The van der Waals surface area contributed by atoms with Crippen LogP contribution in [0.15, 0.2) is 0 Å². The van der Waals surface area contributed by atoms with Gasteiger partial charge in [-0.05, 0) is 0 Å². The van der Waals surface area contributed by atoms with E-state index in [1.165, 1.54) is 0 Å². The van der Waals surface area contributed by atoms with E-state index < -0.39 is 0 Å². The Bertz CT molecular complexity index is 91.0. The Morgan fingerprint density at radius 3 is 3.00 bits per heavy atom. The normalized spacial score (nSPS) is 30.7. The monoisotopic (exact) mass is 149 g/mol. The van der Waals surface area contributed by atoms with Crippen molar-refractivity contribution < 1.29 is 9.84 Å². The van der Waals surface area contributed by atoms with Crippen LogP contribution in [-0.4, -0.2) is 42.2 Å². The van der Waals surface area contributed by atoms with E-state index in [9.17, 15) is 0 Å². The fourth-order valence-electron chi connectivity index (χ4n) is 0.853. The second-order valence-electron chi connectivity index (χ2n) is 2.17. The zero-order valence-corrected chi connectivity index (χ0v) is 6.44. The second kappa shape index (κ2) is 3.47. The van der Waals surface area contributed by atoms with Gasteiger partial charge in [-0.15, -0.1) is 0 Å². The molecule has 0 aromatic heterocycles. The van der Waals surface area contributed by atoms with E-state index in [-0.39, 0.29) is 12.7 Å². The zero-order chi connectivity index (χ0) is 6.69. The molecule has 2 unspecified atom stereocenters. The number of hydrogen-bond donors (Lipinski definition) is 1. The highest BCUT2D eigenvalue weighted by molar-refractivity contribution is 7.13. The van der Waals surface area contributed by atoms with Gasteiger partial charge < -0.3 is 9.84 Å². The summed E-state index contributed by atoms with van der Waals surface area (Å²) in [6, 6.07) is 0. The smallest absolute Gasteiger partial charge is 0.0936 e. The first kappa shape index (κ1) is 7.42. The van der Waals surface area contributed by atoms with E-state index >= 15 is 0 Å². The predicted molar refractivity (Wildman–Crippen MR) is 38.1 cm³/mol. The van der Waals surface area contributed by atoms with E-state index in [2.05, 4.69) is 14.1 Å². The van der Waals surface area contributed by atoms with E-state index in [4.69, 9.17) is 9.84 Å². The van der Waals surface area contributed by atoms with Crippen LogP contribution in [0.1, 0.15) is 0 Å². The average molecular weight is 149 g/mol. The maximum atomic E-state index is 8.65. The molecule has 0 spiro atoms. The molecule has 1 fully saturated rings. The molecular weight excluding hydrogens is 137 g/mol. The van der Waals surface area contributed by atoms with Crippen molar-refractivity contribution >= 4 is 9.39 Å². The van der Waals surface area contributed by atoms with Crippen LogP contribution >= 0.6 is 9.39 Å². The van der Waals surface area contributed by atoms with Gasteiger partial charge in [0.05, 0.1) is 19.3 Å². The minimum absolute atomic E-state index is 0.0243. The molecule has 0 bridgehead atoms. The summed E-state index contributed by atoms with van der Waals surface area (Å²) < 4.78 is 7.27. The third kappa shape index (κ3) is 2.18. The SMILES string of the molecule is OCC1CN(P)CCO1. The largest absolute Gasteiger partial charge is 0.394 e. The van der Waals surface area contributed by atoms with E-state index in [1.807, 2.05) is 0 Å². The maximum Gasteiger partial charge on any atom is 0.0936 e. The number of aliphatic hydroxyl groups excluding tert-OH is 1. The van der Waals surface area contributed by atoms with Gasteiger partial charge in [-0.1, -0.05) is 9.39 Å². The highest BCUT2D eigenvalue weighted by Crippen LogP contribution is 2.07. The molecule has 54 valence electrons. The van der Waals surface area contributed by atoms with Crippen LogP contribution in [-0.2, 0) is 4.74 Å². The van der Waals surface area contributed by atoms with Gasteiger partial charge in [-0.3, -0.25) is 4.67 Å². The van der Waals surface area contributed by atoms with Crippen LogP contribution in [0.2, 0.25) is 0 Å². The van der Waals surface area contributed by atoms with Crippen molar-refractivity contribution in [3.8, 4) is 0 Å². The molecule has 0 radical (unpaired) electrons. The highest BCUT2D eigenvalue weighted by Gasteiger charge is 2.15. The van der Waals surface area contributed by atoms with E-state index in [0.29, 0.717) is 0 Å². The molecule has 0 aromatic carbocycles. The number of rotatable bonds is 1. The van der Waals surface area contributed by atoms with Crippen LogP contribution in [0.3, 0.4) is 0 Å². The minimum Gasteiger partial charge on any atom is -0.394 e. The minimum atomic E-state index is 0.0243. The van der Waals surface area contributed by atoms with Crippen molar-refractivity contribution in [1.29, 1.82) is 0 Å². The Hall–Kier alpha value is 0.310. The number of aliphatic hydroxyl groups is 1. The molecule has 1 saturated heterocycles. The fraction of sp³-hybridized carbons (Fsp3) is 1.00. The van der Waals surface area contributed by atoms with Gasteiger partial charge in [0.15, 0.2) is 0 Å². The Morgan fingerprint density at radius 2 is 2.56 bits per heavy atom. The summed E-state index contributed by atoms with van der Waals surface area (Å²) >= 11 is 0. The van der Waals surface area contributed by atoms with Gasteiger partial charge in [0, 0.05) is 13.1 Å². The first-order chi connectivity index (χ1) is 4.33. The van der Waals surface area contributed by atoms with Gasteiger partial charge >= 0.3 is 0 Å². The topological polar surface area (TPSA) is 32.7 Å². The summed E-state index contributed by atoms with van der Waals surface area (Å²) in [5.74, 6) is 0. The fourth-order valence-corrected chi connectivity index (χ4v) is 1.19. The molecule has 1 N–H and O–H groups in total. The van der Waals surface area contributed by atoms with Crippen molar-refractivity contribution in [3.05, 3.63) is 0 Å². The lowest BCUT2D eigenvalue weighted by atomic mass is 10.3. The summed E-state index contributed by atoms with van der Waals surface area (Å²) in [6.45, 7) is 2.63. The van der Waals surface area contributed by atoms with Crippen molar-refractivity contribution in [2.75, 3.05) is 26.3 Å². The van der Waals surface area contributed by atoms with Crippen LogP contribution in [0.25, 0.3) is 0 Å². The summed E-state index contributed by atoms with van der Waals surface area (Å²) in [5.41, 5.74) is 0. The highest BCUT2D eigenvalue weighted by atomic mass is 31.0. The predicted octanol–water partition coefficient (Wildman–Crippen LogP) is -0.530. The average Bonchev–Trinajstić information content (AvgIpc) is 1.88. The standard InChI is InChI=1S/C5H12NO2P/c7-4-5-3-6(9)1-2-8-5/h5,7H,1-4,9H2. The lowest BCUT2D eigenvalue weighted by molar-refractivity contribution is -0.0283. The van der Waals surface area contributed by atoms with Crippen LogP contribution in [0.4, 0.5) is 0 Å². The number of hydrogen-bond acceptors (Lipinski definition) is 3. The molecule has 3 nitrogen and oxygen atoms in total. The van der Waals surface area contributed by atoms with E-state index in [1.54, 1.807) is 0 Å². The molecule has 0 amide bonds. The molecule has 1 heterocycles. The molecule has 0 saturated carbocycles. The zero-order valence-electron chi connectivity index (χ0n) is 5.29. The first-order valence-electron chi connectivity index (χ1n) is 3.05. The molecule has 9 heavy (non-hydrogen) atoms. The Labute approximate surface area is 57.2 Å². The molecule has 1 rings (SSSR count).